The van der Waals surface area contributed by atoms with Crippen molar-refractivity contribution in [2.75, 3.05) is 6.61 Å². The molecule has 2 heteroatoms. The lowest BCUT2D eigenvalue weighted by Gasteiger charge is -2.28. The van der Waals surface area contributed by atoms with E-state index in [1.165, 1.54) is 18.4 Å². The lowest BCUT2D eigenvalue weighted by atomic mass is 9.82. The van der Waals surface area contributed by atoms with Crippen LogP contribution >= 0.6 is 0 Å². The van der Waals surface area contributed by atoms with E-state index in [1.54, 1.807) is 0 Å². The molecule has 1 aromatic rings. The van der Waals surface area contributed by atoms with Crippen molar-refractivity contribution in [2.45, 2.75) is 51.0 Å². The number of ether oxygens (including phenoxy) is 1. The van der Waals surface area contributed by atoms with E-state index in [0.717, 1.165) is 31.4 Å². The van der Waals surface area contributed by atoms with Gasteiger partial charge in [-0.15, -0.1) is 0 Å². The van der Waals surface area contributed by atoms with E-state index < -0.39 is 0 Å². The van der Waals surface area contributed by atoms with Crippen LogP contribution in [0.25, 0.3) is 0 Å². The van der Waals surface area contributed by atoms with Gasteiger partial charge < -0.3 is 4.74 Å². The molecule has 0 spiro atoms. The van der Waals surface area contributed by atoms with E-state index >= 15 is 0 Å². The van der Waals surface area contributed by atoms with Crippen LogP contribution in [0.3, 0.4) is 0 Å². The first-order chi connectivity index (χ1) is 9.83. The highest BCUT2D eigenvalue weighted by Gasteiger charge is 2.22. The number of nitriles is 1. The lowest BCUT2D eigenvalue weighted by Crippen LogP contribution is -2.21. The summed E-state index contributed by atoms with van der Waals surface area (Å²) >= 11 is 0. The first kappa shape index (κ1) is 14.8. The van der Waals surface area contributed by atoms with Gasteiger partial charge in [0, 0.05) is 0 Å². The number of benzene rings is 1. The second kappa shape index (κ2) is 7.87. The molecule has 0 atom stereocenters. The highest BCUT2D eigenvalue weighted by Crippen LogP contribution is 2.34. The highest BCUT2D eigenvalue weighted by molar-refractivity contribution is 5.33. The fourth-order valence-corrected chi connectivity index (χ4v) is 2.86. The predicted molar refractivity (Wildman–Crippen MR) is 81.5 cm³/mol. The number of allylic oxidation sites excluding steroid dienone is 1. The third-order valence-corrected chi connectivity index (χ3v) is 4.06. The third kappa shape index (κ3) is 4.21. The number of nitrogens with zero attached hydrogens (tertiary/aromatic N) is 1. The van der Waals surface area contributed by atoms with Crippen molar-refractivity contribution in [3.05, 3.63) is 47.5 Å². The van der Waals surface area contributed by atoms with Crippen molar-refractivity contribution in [2.24, 2.45) is 0 Å². The summed E-state index contributed by atoms with van der Waals surface area (Å²) in [5.74, 6) is 0.637. The maximum Gasteiger partial charge on any atom is 0.0991 e. The van der Waals surface area contributed by atoms with Gasteiger partial charge in [-0.05, 0) is 62.6 Å². The molecule has 0 saturated heterocycles. The topological polar surface area (TPSA) is 33.0 Å². The molecule has 1 aromatic carbocycles. The van der Waals surface area contributed by atoms with Gasteiger partial charge in [0.25, 0.3) is 0 Å². The van der Waals surface area contributed by atoms with Crippen molar-refractivity contribution in [1.82, 2.24) is 0 Å². The third-order valence-electron chi connectivity index (χ3n) is 4.06. The van der Waals surface area contributed by atoms with Gasteiger partial charge in [-0.3, -0.25) is 0 Å². The first-order valence-corrected chi connectivity index (χ1v) is 7.56. The highest BCUT2D eigenvalue weighted by atomic mass is 16.5. The Morgan fingerprint density at radius 1 is 1.20 bits per heavy atom. The Kier molecular flexibility index (Phi) is 5.83. The van der Waals surface area contributed by atoms with Crippen LogP contribution in [0.5, 0.6) is 0 Å². The Balaban J connectivity index is 1.77. The smallest absolute Gasteiger partial charge is 0.0991 e. The van der Waals surface area contributed by atoms with Crippen molar-refractivity contribution < 1.29 is 4.74 Å². The average molecular weight is 269 g/mol. The number of hydrogen-bond donors (Lipinski definition) is 0. The van der Waals surface area contributed by atoms with E-state index in [9.17, 15) is 0 Å². The first-order valence-electron chi connectivity index (χ1n) is 7.56. The summed E-state index contributed by atoms with van der Waals surface area (Å²) in [6, 6.07) is 10.2. The monoisotopic (exact) mass is 269 g/mol. The van der Waals surface area contributed by atoms with Gasteiger partial charge >= 0.3 is 0 Å². The molecule has 2 rings (SSSR count). The Labute approximate surface area is 122 Å². The van der Waals surface area contributed by atoms with E-state index in [1.807, 2.05) is 19.1 Å². The Hall–Kier alpha value is -1.59. The minimum atomic E-state index is 0.440. The second-order valence-corrected chi connectivity index (χ2v) is 5.44. The van der Waals surface area contributed by atoms with E-state index in [0.29, 0.717) is 12.0 Å². The van der Waals surface area contributed by atoms with Crippen molar-refractivity contribution in [3.8, 4) is 6.07 Å². The van der Waals surface area contributed by atoms with E-state index in [4.69, 9.17) is 10.00 Å². The molecule has 1 fully saturated rings. The van der Waals surface area contributed by atoms with Crippen LogP contribution in [0.2, 0.25) is 0 Å². The molecular formula is C18H23NO. The molecule has 0 radical (unpaired) electrons. The van der Waals surface area contributed by atoms with Crippen molar-refractivity contribution in [3.63, 3.8) is 0 Å². The summed E-state index contributed by atoms with van der Waals surface area (Å²) in [6.45, 7) is 2.89. The molecule has 0 N–H and O–H groups in total. The molecule has 0 amide bonds. The van der Waals surface area contributed by atoms with Crippen LogP contribution in [0.4, 0.5) is 0 Å². The summed E-state index contributed by atoms with van der Waals surface area (Å²) in [4.78, 5) is 0. The van der Waals surface area contributed by atoms with Crippen LogP contribution in [0.1, 0.15) is 56.1 Å². The van der Waals surface area contributed by atoms with Crippen molar-refractivity contribution >= 4 is 0 Å². The SMILES string of the molecule is CC=CCCOC1CCC(c2ccc(C#N)cc2)CC1. The largest absolute Gasteiger partial charge is 0.378 e. The van der Waals surface area contributed by atoms with Crippen LogP contribution in [-0.4, -0.2) is 12.7 Å². The predicted octanol–water partition coefficient (Wildman–Crippen LogP) is 4.57. The van der Waals surface area contributed by atoms with Gasteiger partial charge in [-0.1, -0.05) is 24.3 Å². The van der Waals surface area contributed by atoms with Crippen molar-refractivity contribution in [1.29, 1.82) is 5.26 Å². The molecule has 20 heavy (non-hydrogen) atoms. The van der Waals surface area contributed by atoms with Gasteiger partial charge in [-0.2, -0.15) is 5.26 Å². The minimum absolute atomic E-state index is 0.440. The number of hydrogen-bond acceptors (Lipinski definition) is 2. The molecule has 2 nitrogen and oxygen atoms in total. The maximum absolute atomic E-state index is 8.82. The lowest BCUT2D eigenvalue weighted by molar-refractivity contribution is 0.0274. The summed E-state index contributed by atoms with van der Waals surface area (Å²) in [5, 5.41) is 8.82. The van der Waals surface area contributed by atoms with Crippen LogP contribution in [0.15, 0.2) is 36.4 Å². The average Bonchev–Trinajstić information content (AvgIpc) is 2.52. The van der Waals surface area contributed by atoms with Gasteiger partial charge in [0.05, 0.1) is 24.3 Å². The zero-order valence-corrected chi connectivity index (χ0v) is 12.2. The summed E-state index contributed by atoms with van der Waals surface area (Å²) < 4.78 is 5.91. The molecule has 0 unspecified atom stereocenters. The molecule has 1 saturated carbocycles. The van der Waals surface area contributed by atoms with E-state index in [-0.39, 0.29) is 0 Å². The Bertz CT molecular complexity index is 461. The molecule has 0 aliphatic heterocycles. The molecule has 1 aliphatic carbocycles. The summed E-state index contributed by atoms with van der Waals surface area (Å²) in [7, 11) is 0. The van der Waals surface area contributed by atoms with E-state index in [2.05, 4.69) is 30.4 Å². The van der Waals surface area contributed by atoms with Gasteiger partial charge in [-0.25, -0.2) is 0 Å². The Morgan fingerprint density at radius 2 is 1.90 bits per heavy atom. The van der Waals surface area contributed by atoms with Crippen LogP contribution < -0.4 is 0 Å². The summed E-state index contributed by atoms with van der Waals surface area (Å²) in [6.07, 6.45) is 10.4. The summed E-state index contributed by atoms with van der Waals surface area (Å²) in [5.41, 5.74) is 2.12. The van der Waals surface area contributed by atoms with Crippen LogP contribution in [-0.2, 0) is 4.74 Å². The number of rotatable bonds is 5. The molecule has 0 bridgehead atoms. The molecule has 1 aliphatic rings. The van der Waals surface area contributed by atoms with Crippen LogP contribution in [0, 0.1) is 11.3 Å². The zero-order chi connectivity index (χ0) is 14.2. The fraction of sp³-hybridized carbons (Fsp3) is 0.500. The van der Waals surface area contributed by atoms with Gasteiger partial charge in [0.15, 0.2) is 0 Å². The minimum Gasteiger partial charge on any atom is -0.378 e. The maximum atomic E-state index is 8.82. The molecule has 0 heterocycles. The van der Waals surface area contributed by atoms with Gasteiger partial charge in [0.2, 0.25) is 0 Å². The van der Waals surface area contributed by atoms with Gasteiger partial charge in [0.1, 0.15) is 0 Å². The molecule has 0 aromatic heterocycles. The quantitative estimate of drug-likeness (QED) is 0.579. The normalized spacial score (nSPS) is 22.8. The zero-order valence-electron chi connectivity index (χ0n) is 12.2. The standard InChI is InChI=1S/C18H23NO/c1-2-3-4-13-20-18-11-9-17(10-12-18)16-7-5-15(14-19)6-8-16/h2-3,5-8,17-18H,4,9-13H2,1H3. The fourth-order valence-electron chi connectivity index (χ4n) is 2.86. The molecular weight excluding hydrogens is 246 g/mol. The Morgan fingerprint density at radius 3 is 2.50 bits per heavy atom. The second-order valence-electron chi connectivity index (χ2n) is 5.44. The molecule has 106 valence electrons.